The van der Waals surface area contributed by atoms with Crippen molar-refractivity contribution in [1.82, 2.24) is 19.4 Å². The van der Waals surface area contributed by atoms with Crippen molar-refractivity contribution in [2.75, 3.05) is 5.32 Å². The number of benzene rings is 1. The lowest BCUT2D eigenvalue weighted by atomic mass is 10.2. The van der Waals surface area contributed by atoms with Crippen LogP contribution in [-0.2, 0) is 12.6 Å². The Morgan fingerprint density at radius 2 is 1.90 bits per heavy atom. The molecule has 160 valence electrons. The molecule has 11 heteroatoms. The van der Waals surface area contributed by atoms with E-state index in [1.54, 1.807) is 13.0 Å². The smallest absolute Gasteiger partial charge is 0.346 e. The molecule has 0 aliphatic carbocycles. The second kappa shape index (κ2) is 7.90. The first-order valence-electron chi connectivity index (χ1n) is 8.98. The highest BCUT2D eigenvalue weighted by molar-refractivity contribution is 6.40. The van der Waals surface area contributed by atoms with E-state index >= 15 is 0 Å². The number of imidazole rings is 2. The zero-order valence-electron chi connectivity index (χ0n) is 15.9. The molecular weight excluding hydrogens is 454 g/mol. The van der Waals surface area contributed by atoms with Crippen molar-refractivity contribution in [2.24, 2.45) is 0 Å². The minimum Gasteiger partial charge on any atom is -0.346 e. The number of carbonyl (C=O) groups excluding carboxylic acids is 1. The number of aromatic amines is 1. The first kappa shape index (κ1) is 21.2. The topological polar surface area (TPSA) is 75.1 Å². The predicted molar refractivity (Wildman–Crippen MR) is 111 cm³/mol. The Morgan fingerprint density at radius 1 is 1.19 bits per heavy atom. The van der Waals surface area contributed by atoms with Crippen LogP contribution in [0, 0.1) is 6.92 Å². The zero-order valence-corrected chi connectivity index (χ0v) is 17.4. The third kappa shape index (κ3) is 4.11. The van der Waals surface area contributed by atoms with Crippen LogP contribution >= 0.6 is 23.2 Å². The molecule has 0 radical (unpaired) electrons. The van der Waals surface area contributed by atoms with Crippen molar-refractivity contribution >= 4 is 40.4 Å². The molecule has 2 N–H and O–H groups in total. The average Bonchev–Trinajstić information content (AvgIpc) is 3.26. The van der Waals surface area contributed by atoms with E-state index in [1.165, 1.54) is 41.1 Å². The van der Waals surface area contributed by atoms with Gasteiger partial charge in [-0.3, -0.25) is 4.79 Å². The van der Waals surface area contributed by atoms with Crippen molar-refractivity contribution in [1.29, 1.82) is 0 Å². The van der Waals surface area contributed by atoms with Gasteiger partial charge >= 0.3 is 6.18 Å². The van der Waals surface area contributed by atoms with Crippen LogP contribution in [0.25, 0.3) is 5.65 Å². The summed E-state index contributed by atoms with van der Waals surface area (Å²) in [6, 6.07) is 7.53. The number of rotatable bonds is 4. The lowest BCUT2D eigenvalue weighted by molar-refractivity contribution is -0.141. The molecule has 0 aliphatic rings. The Hall–Kier alpha value is -3.04. The van der Waals surface area contributed by atoms with Gasteiger partial charge in [0.1, 0.15) is 5.82 Å². The molecule has 0 saturated heterocycles. The van der Waals surface area contributed by atoms with E-state index in [9.17, 15) is 18.0 Å². The van der Waals surface area contributed by atoms with Crippen molar-refractivity contribution < 1.29 is 18.0 Å². The van der Waals surface area contributed by atoms with Crippen LogP contribution in [0.4, 0.5) is 18.9 Å². The normalized spacial score (nSPS) is 11.8. The van der Waals surface area contributed by atoms with Gasteiger partial charge in [-0.2, -0.15) is 13.2 Å². The Kier molecular flexibility index (Phi) is 5.40. The Morgan fingerprint density at radius 3 is 2.52 bits per heavy atom. The predicted octanol–water partition coefficient (Wildman–Crippen LogP) is 5.53. The van der Waals surface area contributed by atoms with Crippen LogP contribution in [0.1, 0.15) is 33.3 Å². The number of amides is 1. The average molecular weight is 468 g/mol. The van der Waals surface area contributed by atoms with Gasteiger partial charge in [-0.05, 0) is 31.2 Å². The number of pyridine rings is 1. The molecule has 3 heterocycles. The molecule has 0 spiro atoms. The zero-order chi connectivity index (χ0) is 22.3. The Bertz CT molecular complexity index is 1280. The van der Waals surface area contributed by atoms with Crippen LogP contribution in [0.15, 0.2) is 42.7 Å². The maximum atomic E-state index is 13.7. The molecule has 0 fully saturated rings. The lowest BCUT2D eigenvalue weighted by Crippen LogP contribution is -2.14. The standard InChI is InChI=1S/C20H14Cl2F3N5O/c1-10-26-9-11(27-10)8-15-17(20(23,24)25)29-18-14(6-3-7-30(15)18)28-19(31)16-12(21)4-2-5-13(16)22/h2-7,9H,8H2,1H3,(H,26,27)(H,28,31). The monoisotopic (exact) mass is 467 g/mol. The van der Waals surface area contributed by atoms with E-state index in [4.69, 9.17) is 23.2 Å². The second-order valence-electron chi connectivity index (χ2n) is 6.74. The highest BCUT2D eigenvalue weighted by atomic mass is 35.5. The number of nitrogens with one attached hydrogen (secondary N) is 2. The fourth-order valence-electron chi connectivity index (χ4n) is 3.25. The summed E-state index contributed by atoms with van der Waals surface area (Å²) in [5.74, 6) is -0.0760. The van der Waals surface area contributed by atoms with E-state index < -0.39 is 17.8 Å². The number of fused-ring (bicyclic) bond motifs is 1. The summed E-state index contributed by atoms with van der Waals surface area (Å²) in [5.41, 5.74) is -0.584. The number of hydrogen-bond donors (Lipinski definition) is 2. The lowest BCUT2D eigenvalue weighted by Gasteiger charge is -2.10. The highest BCUT2D eigenvalue weighted by Gasteiger charge is 2.38. The van der Waals surface area contributed by atoms with Gasteiger partial charge in [0, 0.05) is 24.5 Å². The van der Waals surface area contributed by atoms with Gasteiger partial charge in [0.25, 0.3) is 5.91 Å². The largest absolute Gasteiger partial charge is 0.435 e. The van der Waals surface area contributed by atoms with E-state index in [1.807, 2.05) is 0 Å². The third-order valence-electron chi connectivity index (χ3n) is 4.57. The molecule has 31 heavy (non-hydrogen) atoms. The van der Waals surface area contributed by atoms with Gasteiger partial charge in [-0.25, -0.2) is 9.97 Å². The molecule has 0 unspecified atom stereocenters. The van der Waals surface area contributed by atoms with Crippen LogP contribution in [0.2, 0.25) is 10.0 Å². The van der Waals surface area contributed by atoms with Crippen LogP contribution in [0.5, 0.6) is 0 Å². The summed E-state index contributed by atoms with van der Waals surface area (Å²) < 4.78 is 42.5. The van der Waals surface area contributed by atoms with Gasteiger partial charge in [-0.1, -0.05) is 29.3 Å². The van der Waals surface area contributed by atoms with Crippen molar-refractivity contribution in [3.05, 3.63) is 81.2 Å². The Balaban J connectivity index is 1.80. The molecule has 0 aliphatic heterocycles. The van der Waals surface area contributed by atoms with Crippen molar-refractivity contribution in [2.45, 2.75) is 19.5 Å². The van der Waals surface area contributed by atoms with E-state index in [0.29, 0.717) is 11.5 Å². The molecule has 0 saturated carbocycles. The van der Waals surface area contributed by atoms with E-state index in [-0.39, 0.29) is 39.1 Å². The highest BCUT2D eigenvalue weighted by Crippen LogP contribution is 2.35. The molecule has 1 aromatic carbocycles. The molecule has 0 bridgehead atoms. The summed E-state index contributed by atoms with van der Waals surface area (Å²) in [4.78, 5) is 23.5. The fraction of sp³-hybridized carbons (Fsp3) is 0.150. The molecule has 0 atom stereocenters. The summed E-state index contributed by atoms with van der Waals surface area (Å²) >= 11 is 12.1. The minimum absolute atomic E-state index is 0.0172. The van der Waals surface area contributed by atoms with E-state index in [2.05, 4.69) is 20.3 Å². The number of aromatic nitrogens is 4. The number of anilines is 1. The summed E-state index contributed by atoms with van der Waals surface area (Å²) in [5, 5.41) is 2.80. The number of H-pyrrole nitrogens is 1. The number of hydrogen-bond acceptors (Lipinski definition) is 3. The van der Waals surface area contributed by atoms with Crippen molar-refractivity contribution in [3.8, 4) is 0 Å². The molecule has 4 aromatic rings. The SMILES string of the molecule is Cc1ncc(Cc2c(C(F)(F)F)nc3c(NC(=O)c4c(Cl)cccc4Cl)cccn23)[nH]1. The summed E-state index contributed by atoms with van der Waals surface area (Å²) in [6.07, 6.45) is -1.84. The second-order valence-corrected chi connectivity index (χ2v) is 7.56. The molecule has 6 nitrogen and oxygen atoms in total. The number of halogens is 5. The summed E-state index contributed by atoms with van der Waals surface area (Å²) in [6.45, 7) is 1.70. The van der Waals surface area contributed by atoms with Crippen LogP contribution in [0.3, 0.4) is 0 Å². The maximum Gasteiger partial charge on any atom is 0.435 e. The van der Waals surface area contributed by atoms with Gasteiger partial charge in [0.2, 0.25) is 0 Å². The number of carbonyl (C=O) groups is 1. The summed E-state index contributed by atoms with van der Waals surface area (Å²) in [7, 11) is 0. The minimum atomic E-state index is -4.69. The molecule has 3 aromatic heterocycles. The first-order chi connectivity index (χ1) is 14.6. The van der Waals surface area contributed by atoms with E-state index in [0.717, 1.165) is 0 Å². The molecular formula is C20H14Cl2F3N5O. The van der Waals surface area contributed by atoms with Gasteiger partial charge in [0.05, 0.1) is 27.0 Å². The van der Waals surface area contributed by atoms with Gasteiger partial charge in [0.15, 0.2) is 11.3 Å². The number of alkyl halides is 3. The first-order valence-corrected chi connectivity index (χ1v) is 9.73. The quantitative estimate of drug-likeness (QED) is 0.414. The van der Waals surface area contributed by atoms with Crippen LogP contribution < -0.4 is 5.32 Å². The third-order valence-corrected chi connectivity index (χ3v) is 5.20. The van der Waals surface area contributed by atoms with Crippen molar-refractivity contribution in [3.63, 3.8) is 0 Å². The van der Waals surface area contributed by atoms with Crippen LogP contribution in [-0.4, -0.2) is 25.3 Å². The molecule has 1 amide bonds. The number of nitrogens with zero attached hydrogens (tertiary/aromatic N) is 3. The Labute approximate surface area is 184 Å². The molecule has 4 rings (SSSR count). The van der Waals surface area contributed by atoms with Gasteiger partial charge < -0.3 is 14.7 Å². The maximum absolute atomic E-state index is 13.7. The van der Waals surface area contributed by atoms with Gasteiger partial charge in [-0.15, -0.1) is 0 Å². The number of aryl methyl sites for hydroxylation is 1. The fourth-order valence-corrected chi connectivity index (χ4v) is 3.82.